The summed E-state index contributed by atoms with van der Waals surface area (Å²) in [6.07, 6.45) is 14.8. The highest BCUT2D eigenvalue weighted by Gasteiger charge is 2.50. The number of fused-ring (bicyclic) bond motifs is 1. The van der Waals surface area contributed by atoms with Crippen LogP contribution in [-0.4, -0.2) is 48.1 Å². The van der Waals surface area contributed by atoms with E-state index in [9.17, 15) is 19.6 Å². The summed E-state index contributed by atoms with van der Waals surface area (Å²) in [4.78, 5) is 13.0. The summed E-state index contributed by atoms with van der Waals surface area (Å²) in [5.74, 6) is 0.832. The Labute approximate surface area is 222 Å². The topological polar surface area (TPSA) is 93.1 Å². The second kappa shape index (κ2) is 12.5. The van der Waals surface area contributed by atoms with E-state index < -0.39 is 25.5 Å². The number of hydrogen-bond donors (Lipinski definition) is 2. The Morgan fingerprint density at radius 1 is 1.24 bits per heavy atom. The zero-order valence-electron chi connectivity index (χ0n) is 22.9. The van der Waals surface area contributed by atoms with Gasteiger partial charge in [0.05, 0.1) is 12.2 Å². The molecule has 37 heavy (non-hydrogen) atoms. The predicted molar refractivity (Wildman–Crippen MR) is 148 cm³/mol. The maximum absolute atomic E-state index is 13.0. The molecule has 0 radical (unpaired) electrons. The van der Waals surface area contributed by atoms with E-state index in [1.165, 1.54) is 19.8 Å². The first kappa shape index (κ1) is 30.0. The Bertz CT molecular complexity index is 1000. The lowest BCUT2D eigenvalue weighted by molar-refractivity contribution is -0.114. The lowest BCUT2D eigenvalue weighted by Crippen LogP contribution is -2.35. The Kier molecular flexibility index (Phi) is 10.2. The van der Waals surface area contributed by atoms with Gasteiger partial charge in [0.2, 0.25) is 0 Å². The normalized spacial score (nSPS) is 34.6. The number of allylic oxidation sites excluding steroid dienone is 6. The molecule has 2 N–H and O–H groups in total. The second-order valence-electron chi connectivity index (χ2n) is 11.2. The van der Waals surface area contributed by atoms with Crippen molar-refractivity contribution in [3.8, 4) is 0 Å². The van der Waals surface area contributed by atoms with Crippen LogP contribution in [0.5, 0.6) is 0 Å². The molecule has 0 bridgehead atoms. The minimum Gasteiger partial charge on any atom is -0.393 e. The van der Waals surface area contributed by atoms with E-state index in [1.54, 1.807) is 12.2 Å². The summed E-state index contributed by atoms with van der Waals surface area (Å²) < 4.78 is 23.1. The summed E-state index contributed by atoms with van der Waals surface area (Å²) in [7, 11) is -0.942. The molecule has 0 aliphatic heterocycles. The smallest absolute Gasteiger partial charge is 0.341 e. The second-order valence-corrected chi connectivity index (χ2v) is 13.7. The van der Waals surface area contributed by atoms with Crippen molar-refractivity contribution in [1.82, 2.24) is 0 Å². The third kappa shape index (κ3) is 6.37. The molecule has 3 saturated carbocycles. The molecular weight excluding hydrogens is 487 g/mol. The minimum atomic E-state index is -3.55. The SMILES string of the molecule is C=CCC(C(=O)/C=C/[C@@H](C)[C@H]1CCC2/C(=C/C=C3/C[C@@H](O)C[C@H](O)C3=C)CCC[C@@]21C)P(=O)(OC)OC. The first-order valence-corrected chi connectivity index (χ1v) is 15.1. The number of ketones is 1. The summed E-state index contributed by atoms with van der Waals surface area (Å²) in [6, 6.07) is 0. The van der Waals surface area contributed by atoms with E-state index in [-0.39, 0.29) is 23.5 Å². The van der Waals surface area contributed by atoms with Crippen molar-refractivity contribution in [1.29, 1.82) is 0 Å². The molecule has 0 spiro atoms. The van der Waals surface area contributed by atoms with Crippen molar-refractivity contribution in [2.45, 2.75) is 83.1 Å². The van der Waals surface area contributed by atoms with Gasteiger partial charge in [0.15, 0.2) is 5.78 Å². The van der Waals surface area contributed by atoms with Crippen LogP contribution in [0.15, 0.2) is 60.3 Å². The molecule has 0 heterocycles. The Morgan fingerprint density at radius 2 is 1.95 bits per heavy atom. The van der Waals surface area contributed by atoms with E-state index in [1.807, 2.05) is 6.08 Å². The number of hydrogen-bond acceptors (Lipinski definition) is 6. The zero-order valence-corrected chi connectivity index (χ0v) is 23.8. The van der Waals surface area contributed by atoms with Crippen LogP contribution < -0.4 is 0 Å². The zero-order chi connectivity index (χ0) is 27.4. The minimum absolute atomic E-state index is 0.132. The van der Waals surface area contributed by atoms with Gasteiger partial charge in [0, 0.05) is 20.6 Å². The Hall–Kier alpha value is -1.56. The number of carbonyl (C=O) groups excluding carboxylic acids is 1. The van der Waals surface area contributed by atoms with Gasteiger partial charge in [-0.1, -0.05) is 50.3 Å². The van der Waals surface area contributed by atoms with Crippen molar-refractivity contribution in [3.63, 3.8) is 0 Å². The summed E-state index contributed by atoms with van der Waals surface area (Å²) in [5.41, 5.74) is 2.33. The molecular formula is C30H45O6P. The van der Waals surface area contributed by atoms with Crippen LogP contribution in [0, 0.1) is 23.2 Å². The summed E-state index contributed by atoms with van der Waals surface area (Å²) in [5, 5.41) is 20.3. The van der Waals surface area contributed by atoms with Crippen LogP contribution >= 0.6 is 7.60 Å². The van der Waals surface area contributed by atoms with Crippen molar-refractivity contribution in [2.24, 2.45) is 23.2 Å². The lowest BCUT2D eigenvalue weighted by Gasteiger charge is -2.44. The van der Waals surface area contributed by atoms with E-state index in [2.05, 4.69) is 39.2 Å². The monoisotopic (exact) mass is 532 g/mol. The fraction of sp³-hybridized carbons (Fsp3) is 0.633. The molecule has 0 amide bonds. The van der Waals surface area contributed by atoms with Crippen LogP contribution in [0.1, 0.15) is 65.2 Å². The lowest BCUT2D eigenvalue weighted by atomic mass is 9.61. The Balaban J connectivity index is 1.76. The van der Waals surface area contributed by atoms with Crippen molar-refractivity contribution < 1.29 is 28.6 Å². The van der Waals surface area contributed by atoms with Crippen LogP contribution in [0.4, 0.5) is 0 Å². The van der Waals surface area contributed by atoms with E-state index in [0.717, 1.165) is 43.3 Å². The van der Waals surface area contributed by atoms with Crippen LogP contribution in [0.3, 0.4) is 0 Å². The van der Waals surface area contributed by atoms with Gasteiger partial charge in [-0.3, -0.25) is 9.36 Å². The third-order valence-corrected chi connectivity index (χ3v) is 11.4. The standard InChI is InChI=1S/C30H45O6P/c1-7-9-29(37(34,35-5)36-6)27(32)16-11-20(2)25-14-15-26-22(10-8-17-30(25,26)4)12-13-23-18-24(31)19-28(33)21(23)3/h7,11-13,16,20,24-26,28-29,31,33H,1,3,8-10,14-15,17-19H2,2,4-6H3/b16-11+,22-12+,23-13-/t20-,24-,25-,26?,28+,29?,30-/m1/s1. The quantitative estimate of drug-likeness (QED) is 0.194. The molecule has 7 heteroatoms. The van der Waals surface area contributed by atoms with Crippen molar-refractivity contribution in [3.05, 3.63) is 60.3 Å². The summed E-state index contributed by atoms with van der Waals surface area (Å²) in [6.45, 7) is 12.3. The molecule has 2 unspecified atom stereocenters. The van der Waals surface area contributed by atoms with Gasteiger partial charge in [0.25, 0.3) is 0 Å². The van der Waals surface area contributed by atoms with Gasteiger partial charge < -0.3 is 19.3 Å². The van der Waals surface area contributed by atoms with Gasteiger partial charge in [-0.25, -0.2) is 0 Å². The predicted octanol–water partition coefficient (Wildman–Crippen LogP) is 6.32. The van der Waals surface area contributed by atoms with Crippen LogP contribution in [-0.2, 0) is 18.4 Å². The fourth-order valence-electron chi connectivity index (χ4n) is 6.99. The number of aliphatic hydroxyl groups is 2. The van der Waals surface area contributed by atoms with Crippen LogP contribution in [0.2, 0.25) is 0 Å². The summed E-state index contributed by atoms with van der Waals surface area (Å²) >= 11 is 0. The van der Waals surface area contributed by atoms with E-state index in [4.69, 9.17) is 9.05 Å². The molecule has 3 rings (SSSR count). The van der Waals surface area contributed by atoms with Gasteiger partial charge in [-0.15, -0.1) is 6.58 Å². The highest BCUT2D eigenvalue weighted by molar-refractivity contribution is 7.55. The van der Waals surface area contributed by atoms with Crippen molar-refractivity contribution >= 4 is 13.4 Å². The average Bonchev–Trinajstić information content (AvgIpc) is 3.24. The van der Waals surface area contributed by atoms with Crippen LogP contribution in [0.25, 0.3) is 0 Å². The number of carbonyl (C=O) groups is 1. The molecule has 3 aliphatic rings. The highest BCUT2D eigenvalue weighted by Crippen LogP contribution is 2.59. The molecule has 6 nitrogen and oxygen atoms in total. The molecule has 0 saturated heterocycles. The van der Waals surface area contributed by atoms with Gasteiger partial charge in [-0.2, -0.15) is 0 Å². The Morgan fingerprint density at radius 3 is 2.59 bits per heavy atom. The average molecular weight is 533 g/mol. The molecule has 7 atom stereocenters. The van der Waals surface area contributed by atoms with Gasteiger partial charge in [-0.05, 0) is 85.3 Å². The molecule has 0 aromatic carbocycles. The first-order valence-electron chi connectivity index (χ1n) is 13.5. The largest absolute Gasteiger partial charge is 0.393 e. The maximum atomic E-state index is 13.0. The number of aliphatic hydroxyl groups excluding tert-OH is 2. The van der Waals surface area contributed by atoms with E-state index in [0.29, 0.717) is 24.7 Å². The first-order chi connectivity index (χ1) is 17.5. The van der Waals surface area contributed by atoms with Gasteiger partial charge in [0.1, 0.15) is 5.66 Å². The molecule has 3 fully saturated rings. The third-order valence-electron chi connectivity index (χ3n) is 9.11. The fourth-order valence-corrected chi connectivity index (χ4v) is 8.45. The van der Waals surface area contributed by atoms with Gasteiger partial charge >= 0.3 is 7.60 Å². The molecule has 0 aromatic heterocycles. The number of rotatable bonds is 10. The highest BCUT2D eigenvalue weighted by atomic mass is 31.2. The van der Waals surface area contributed by atoms with E-state index >= 15 is 0 Å². The molecule has 0 aromatic rings. The molecule has 206 valence electrons. The molecule has 3 aliphatic carbocycles. The maximum Gasteiger partial charge on any atom is 0.341 e. The van der Waals surface area contributed by atoms with Crippen molar-refractivity contribution in [2.75, 3.05) is 14.2 Å².